The number of aromatic hydroxyl groups is 2. The molecular formula is C22H22O11. The van der Waals surface area contributed by atoms with Crippen LogP contribution in [0, 0.1) is 0 Å². The third-order valence-corrected chi connectivity index (χ3v) is 5.36. The maximum absolute atomic E-state index is 13.0. The van der Waals surface area contributed by atoms with E-state index in [4.69, 9.17) is 18.6 Å². The van der Waals surface area contributed by atoms with Crippen LogP contribution in [0.15, 0.2) is 45.6 Å². The lowest BCUT2D eigenvalue weighted by Gasteiger charge is -2.39. The molecule has 1 aromatic heterocycles. The Morgan fingerprint density at radius 2 is 1.73 bits per heavy atom. The molecule has 3 aromatic rings. The van der Waals surface area contributed by atoms with E-state index in [1.165, 1.54) is 37.4 Å². The quantitative estimate of drug-likeness (QED) is 0.282. The number of rotatable bonds is 5. The van der Waals surface area contributed by atoms with Gasteiger partial charge < -0.3 is 49.3 Å². The highest BCUT2D eigenvalue weighted by atomic mass is 16.7. The van der Waals surface area contributed by atoms with Crippen LogP contribution in [0.1, 0.15) is 0 Å². The maximum atomic E-state index is 13.0. The molecule has 176 valence electrons. The van der Waals surface area contributed by atoms with E-state index >= 15 is 0 Å². The van der Waals surface area contributed by atoms with E-state index in [0.29, 0.717) is 5.56 Å². The zero-order valence-corrected chi connectivity index (χ0v) is 17.3. The van der Waals surface area contributed by atoms with Crippen LogP contribution in [0.3, 0.4) is 0 Å². The summed E-state index contributed by atoms with van der Waals surface area (Å²) in [5.74, 6) is -0.500. The number of aliphatic hydroxyl groups is 4. The Bertz CT molecular complexity index is 1220. The van der Waals surface area contributed by atoms with Crippen molar-refractivity contribution in [2.24, 2.45) is 0 Å². The summed E-state index contributed by atoms with van der Waals surface area (Å²) in [7, 11) is 1.37. The summed E-state index contributed by atoms with van der Waals surface area (Å²) in [6.45, 7) is -0.644. The number of fused-ring (bicyclic) bond motifs is 1. The molecule has 1 saturated heterocycles. The molecule has 4 rings (SSSR count). The van der Waals surface area contributed by atoms with Gasteiger partial charge in [0.1, 0.15) is 52.6 Å². The normalized spacial score (nSPS) is 25.2. The molecule has 1 aliphatic rings. The molecule has 1 fully saturated rings. The van der Waals surface area contributed by atoms with Crippen LogP contribution in [0.25, 0.3) is 22.3 Å². The minimum absolute atomic E-state index is 0.0282. The molecule has 0 aliphatic carbocycles. The molecule has 2 heterocycles. The number of phenols is 2. The topological polar surface area (TPSA) is 179 Å². The standard InChI is InChI=1S/C22H22O11/c1-30-10-5-15-18(13(26)7-14(31-15)9-2-3-11(24)12(25)4-9)16(6-10)32-22-21(29)20(28)19(27)17(8-23)33-22/h2-7,17,19-25,27-29H,8H2,1H3. The van der Waals surface area contributed by atoms with Gasteiger partial charge in [0.05, 0.1) is 13.7 Å². The first-order valence-electron chi connectivity index (χ1n) is 9.89. The molecule has 33 heavy (non-hydrogen) atoms. The van der Waals surface area contributed by atoms with Crippen molar-refractivity contribution < 1.29 is 49.3 Å². The van der Waals surface area contributed by atoms with Gasteiger partial charge >= 0.3 is 0 Å². The molecular weight excluding hydrogens is 440 g/mol. The van der Waals surface area contributed by atoms with Crippen LogP contribution in [0.2, 0.25) is 0 Å². The first kappa shape index (κ1) is 22.8. The van der Waals surface area contributed by atoms with Gasteiger partial charge in [-0.15, -0.1) is 0 Å². The van der Waals surface area contributed by atoms with Crippen molar-refractivity contribution in [3.63, 3.8) is 0 Å². The largest absolute Gasteiger partial charge is 0.504 e. The van der Waals surface area contributed by atoms with Crippen molar-refractivity contribution in [2.45, 2.75) is 30.7 Å². The predicted octanol–water partition coefficient (Wildman–Crippen LogP) is 0.0585. The first-order chi connectivity index (χ1) is 15.7. The number of aliphatic hydroxyl groups excluding tert-OH is 4. The maximum Gasteiger partial charge on any atom is 0.229 e. The van der Waals surface area contributed by atoms with Crippen molar-refractivity contribution in [3.05, 3.63) is 46.6 Å². The third kappa shape index (κ3) is 4.19. The van der Waals surface area contributed by atoms with E-state index in [0.717, 1.165) is 6.07 Å². The second-order valence-corrected chi connectivity index (χ2v) is 7.49. The molecule has 6 N–H and O–H groups in total. The van der Waals surface area contributed by atoms with Crippen LogP contribution >= 0.6 is 0 Å². The van der Waals surface area contributed by atoms with Crippen molar-refractivity contribution in [1.82, 2.24) is 0 Å². The van der Waals surface area contributed by atoms with Crippen LogP contribution in [-0.2, 0) is 4.74 Å². The molecule has 11 heteroatoms. The molecule has 0 spiro atoms. The second kappa shape index (κ2) is 8.89. The Balaban J connectivity index is 1.79. The molecule has 1 aliphatic heterocycles. The zero-order valence-electron chi connectivity index (χ0n) is 17.3. The average molecular weight is 462 g/mol. The van der Waals surface area contributed by atoms with Crippen LogP contribution < -0.4 is 14.9 Å². The SMILES string of the molecule is COc1cc(OC2OC(CO)C(O)C(O)C2O)c2c(=O)cc(-c3ccc(O)c(O)c3)oc2c1. The Hall–Kier alpha value is -3.35. The fourth-order valence-corrected chi connectivity index (χ4v) is 3.55. The summed E-state index contributed by atoms with van der Waals surface area (Å²) in [4.78, 5) is 13.0. The van der Waals surface area contributed by atoms with Gasteiger partial charge in [-0.25, -0.2) is 0 Å². The Labute approximate surface area is 186 Å². The number of phenolic OH excluding ortho intramolecular Hbond substituents is 2. The Kier molecular flexibility index (Phi) is 6.15. The van der Waals surface area contributed by atoms with Gasteiger partial charge in [0.25, 0.3) is 0 Å². The van der Waals surface area contributed by atoms with E-state index in [-0.39, 0.29) is 34.0 Å². The Morgan fingerprint density at radius 3 is 2.39 bits per heavy atom. The number of hydrogen-bond acceptors (Lipinski definition) is 11. The van der Waals surface area contributed by atoms with Crippen molar-refractivity contribution in [1.29, 1.82) is 0 Å². The lowest BCUT2D eigenvalue weighted by molar-refractivity contribution is -0.277. The summed E-state index contributed by atoms with van der Waals surface area (Å²) >= 11 is 0. The highest BCUT2D eigenvalue weighted by molar-refractivity contribution is 5.86. The second-order valence-electron chi connectivity index (χ2n) is 7.49. The van der Waals surface area contributed by atoms with E-state index in [2.05, 4.69) is 0 Å². The van der Waals surface area contributed by atoms with Gasteiger partial charge in [-0.1, -0.05) is 0 Å². The van der Waals surface area contributed by atoms with Gasteiger partial charge in [0, 0.05) is 23.8 Å². The van der Waals surface area contributed by atoms with Crippen molar-refractivity contribution in [2.75, 3.05) is 13.7 Å². The van der Waals surface area contributed by atoms with E-state index in [1.54, 1.807) is 0 Å². The van der Waals surface area contributed by atoms with E-state index in [9.17, 15) is 35.4 Å². The van der Waals surface area contributed by atoms with Crippen molar-refractivity contribution in [3.8, 4) is 34.3 Å². The van der Waals surface area contributed by atoms with Crippen LogP contribution in [0.5, 0.6) is 23.0 Å². The lowest BCUT2D eigenvalue weighted by Crippen LogP contribution is -2.60. The molecule has 5 atom stereocenters. The third-order valence-electron chi connectivity index (χ3n) is 5.36. The van der Waals surface area contributed by atoms with E-state index < -0.39 is 48.5 Å². The molecule has 0 saturated carbocycles. The monoisotopic (exact) mass is 462 g/mol. The smallest absolute Gasteiger partial charge is 0.229 e. The summed E-state index contributed by atoms with van der Waals surface area (Å²) < 4.78 is 22.1. The zero-order chi connectivity index (χ0) is 23.9. The Morgan fingerprint density at radius 1 is 0.970 bits per heavy atom. The summed E-state index contributed by atoms with van der Waals surface area (Å²) in [6, 6.07) is 7.86. The fourth-order valence-electron chi connectivity index (χ4n) is 3.55. The average Bonchev–Trinajstić information content (AvgIpc) is 2.80. The van der Waals surface area contributed by atoms with E-state index in [1.807, 2.05) is 0 Å². The molecule has 11 nitrogen and oxygen atoms in total. The molecule has 2 aromatic carbocycles. The lowest BCUT2D eigenvalue weighted by atomic mass is 9.99. The number of ether oxygens (including phenoxy) is 3. The number of benzene rings is 2. The summed E-state index contributed by atoms with van der Waals surface area (Å²) in [5, 5.41) is 58.8. The van der Waals surface area contributed by atoms with Crippen molar-refractivity contribution >= 4 is 11.0 Å². The van der Waals surface area contributed by atoms with Crippen LogP contribution in [0.4, 0.5) is 0 Å². The number of hydrogen-bond donors (Lipinski definition) is 6. The predicted molar refractivity (Wildman–Crippen MR) is 112 cm³/mol. The minimum atomic E-state index is -1.68. The van der Waals surface area contributed by atoms with Gasteiger partial charge in [-0.3, -0.25) is 4.79 Å². The summed E-state index contributed by atoms with van der Waals surface area (Å²) in [5.41, 5.74) is -0.173. The molecule has 0 radical (unpaired) electrons. The van der Waals surface area contributed by atoms with Gasteiger partial charge in [-0.2, -0.15) is 0 Å². The first-order valence-corrected chi connectivity index (χ1v) is 9.89. The van der Waals surface area contributed by atoms with Gasteiger partial charge in [-0.05, 0) is 18.2 Å². The molecule has 0 amide bonds. The minimum Gasteiger partial charge on any atom is -0.504 e. The van der Waals surface area contributed by atoms with Crippen LogP contribution in [-0.4, -0.2) is 75.1 Å². The highest BCUT2D eigenvalue weighted by Gasteiger charge is 2.45. The number of methoxy groups -OCH3 is 1. The highest BCUT2D eigenvalue weighted by Crippen LogP contribution is 2.35. The fraction of sp³-hybridized carbons (Fsp3) is 0.318. The molecule has 5 unspecified atom stereocenters. The molecule has 0 bridgehead atoms. The van der Waals surface area contributed by atoms with Gasteiger partial charge in [0.15, 0.2) is 16.9 Å². The van der Waals surface area contributed by atoms with Gasteiger partial charge in [0.2, 0.25) is 6.29 Å². The summed E-state index contributed by atoms with van der Waals surface area (Å²) in [6.07, 6.45) is -7.64.